The second-order valence-electron chi connectivity index (χ2n) is 10.8. The van der Waals surface area contributed by atoms with Gasteiger partial charge in [0.05, 0.1) is 23.9 Å². The first-order valence-corrected chi connectivity index (χ1v) is 15.7. The maximum absolute atomic E-state index is 13.3. The molecule has 1 unspecified atom stereocenters. The molecule has 0 aliphatic carbocycles. The van der Waals surface area contributed by atoms with Crippen LogP contribution in [0.4, 0.5) is 24.5 Å². The van der Waals surface area contributed by atoms with E-state index in [9.17, 15) is 36.3 Å². The number of hydrogen-bond donors (Lipinski definition) is 3. The average Bonchev–Trinajstić information content (AvgIpc) is 2.94. The second kappa shape index (κ2) is 13.1. The van der Waals surface area contributed by atoms with Gasteiger partial charge in [-0.2, -0.15) is 13.2 Å². The number of anilines is 2. The van der Waals surface area contributed by atoms with E-state index in [4.69, 9.17) is 0 Å². The Morgan fingerprint density at radius 2 is 1.77 bits per heavy atom. The Kier molecular flexibility index (Phi) is 9.69. The number of nitrogens with zero attached hydrogens (tertiary/aromatic N) is 1. The molecule has 12 heteroatoms. The number of aryl methyl sites for hydroxylation is 1. The van der Waals surface area contributed by atoms with Crippen molar-refractivity contribution in [2.75, 3.05) is 29.4 Å². The summed E-state index contributed by atoms with van der Waals surface area (Å²) in [6.45, 7) is 2.39. The molecule has 0 aromatic heterocycles. The summed E-state index contributed by atoms with van der Waals surface area (Å²) in [6.07, 6.45) is -3.43. The fourth-order valence-corrected chi connectivity index (χ4v) is 5.90. The molecule has 1 heterocycles. The van der Waals surface area contributed by atoms with Crippen LogP contribution in [-0.4, -0.2) is 55.8 Å². The van der Waals surface area contributed by atoms with Crippen LogP contribution in [0.25, 0.3) is 11.1 Å². The fourth-order valence-electron chi connectivity index (χ4n) is 5.33. The van der Waals surface area contributed by atoms with Crippen LogP contribution in [0.1, 0.15) is 53.2 Å². The number of sulfonamides is 1. The molecule has 230 valence electrons. The van der Waals surface area contributed by atoms with Gasteiger partial charge in [0.15, 0.2) is 0 Å². The van der Waals surface area contributed by atoms with Gasteiger partial charge >= 0.3 is 12.1 Å². The predicted molar refractivity (Wildman–Crippen MR) is 159 cm³/mol. The van der Waals surface area contributed by atoms with Crippen molar-refractivity contribution in [3.63, 3.8) is 0 Å². The number of carboxylic acids is 1. The van der Waals surface area contributed by atoms with Crippen LogP contribution in [0.2, 0.25) is 0 Å². The van der Waals surface area contributed by atoms with Crippen LogP contribution in [-0.2, 0) is 14.8 Å². The standard InChI is InChI=1S/C31H34F3N3O5S/c1-20-18-22(26-7-3-4-8-28(26)36-43(2,41)42)11-14-25(20)27(15-16-31(32,33)34)35-24-12-9-21(10-13-24)29(38)37-17-5-6-23(19-37)30(39)40/h3-4,7-14,18,23,27,35-36H,5-6,15-17,19H2,1-2H3,(H,39,40)/t23-,27?/m1/s1. The molecule has 1 amide bonds. The zero-order valence-corrected chi connectivity index (χ0v) is 24.6. The van der Waals surface area contributed by atoms with E-state index in [2.05, 4.69) is 10.0 Å². The number of alkyl halides is 3. The van der Waals surface area contributed by atoms with Gasteiger partial charge in [0.1, 0.15) is 0 Å². The monoisotopic (exact) mass is 617 g/mol. The Morgan fingerprint density at radius 1 is 1.07 bits per heavy atom. The van der Waals surface area contributed by atoms with Gasteiger partial charge in [-0.3, -0.25) is 14.3 Å². The molecule has 1 aliphatic heterocycles. The topological polar surface area (TPSA) is 116 Å². The first-order chi connectivity index (χ1) is 20.2. The van der Waals surface area contributed by atoms with E-state index in [1.807, 2.05) is 6.07 Å². The van der Waals surface area contributed by atoms with Gasteiger partial charge in [-0.15, -0.1) is 0 Å². The van der Waals surface area contributed by atoms with Crippen LogP contribution >= 0.6 is 0 Å². The number of likely N-dealkylation sites (tertiary alicyclic amines) is 1. The van der Waals surface area contributed by atoms with Gasteiger partial charge in [0.25, 0.3) is 5.91 Å². The van der Waals surface area contributed by atoms with E-state index in [-0.39, 0.29) is 18.9 Å². The second-order valence-corrected chi connectivity index (χ2v) is 12.6. The average molecular weight is 618 g/mol. The number of piperidine rings is 1. The largest absolute Gasteiger partial charge is 0.481 e. The lowest BCUT2D eigenvalue weighted by Crippen LogP contribution is -2.42. The highest BCUT2D eigenvalue weighted by Crippen LogP contribution is 2.35. The molecule has 8 nitrogen and oxygen atoms in total. The lowest BCUT2D eigenvalue weighted by Gasteiger charge is -2.30. The summed E-state index contributed by atoms with van der Waals surface area (Å²) in [4.78, 5) is 25.9. The summed E-state index contributed by atoms with van der Waals surface area (Å²) in [5.41, 5.74) is 3.98. The summed E-state index contributed by atoms with van der Waals surface area (Å²) >= 11 is 0. The number of halogens is 3. The number of nitrogens with one attached hydrogen (secondary N) is 2. The lowest BCUT2D eigenvalue weighted by molar-refractivity contribution is -0.143. The van der Waals surface area contributed by atoms with E-state index < -0.39 is 40.5 Å². The number of benzene rings is 3. The van der Waals surface area contributed by atoms with Crippen molar-refractivity contribution in [1.29, 1.82) is 0 Å². The molecule has 4 rings (SSSR count). The Labute approximate surface area is 249 Å². The van der Waals surface area contributed by atoms with Crippen molar-refractivity contribution in [2.45, 2.75) is 44.8 Å². The highest BCUT2D eigenvalue weighted by Gasteiger charge is 2.30. The zero-order valence-electron chi connectivity index (χ0n) is 23.8. The number of rotatable bonds is 10. The maximum atomic E-state index is 13.3. The molecule has 1 saturated heterocycles. The number of aliphatic carboxylic acids is 1. The van der Waals surface area contributed by atoms with Crippen molar-refractivity contribution in [1.82, 2.24) is 4.90 Å². The van der Waals surface area contributed by atoms with E-state index in [1.54, 1.807) is 67.6 Å². The molecular formula is C31H34F3N3O5S. The molecule has 3 aromatic carbocycles. The highest BCUT2D eigenvalue weighted by atomic mass is 32.2. The number of amides is 1. The number of para-hydroxylation sites is 1. The third-order valence-electron chi connectivity index (χ3n) is 7.43. The minimum absolute atomic E-state index is 0.137. The smallest absolute Gasteiger partial charge is 0.389 e. The molecule has 1 fully saturated rings. The Morgan fingerprint density at radius 3 is 2.40 bits per heavy atom. The molecule has 2 atom stereocenters. The molecule has 0 spiro atoms. The number of carbonyl (C=O) groups is 2. The third kappa shape index (κ3) is 8.73. The summed E-state index contributed by atoms with van der Waals surface area (Å²) in [7, 11) is -3.53. The van der Waals surface area contributed by atoms with Gasteiger partial charge in [0.2, 0.25) is 10.0 Å². The number of carbonyl (C=O) groups excluding carboxylic acids is 1. The van der Waals surface area contributed by atoms with Crippen molar-refractivity contribution >= 4 is 33.3 Å². The molecule has 0 radical (unpaired) electrons. The minimum atomic E-state index is -4.36. The first kappa shape index (κ1) is 31.9. The summed E-state index contributed by atoms with van der Waals surface area (Å²) in [5, 5.41) is 12.5. The predicted octanol–water partition coefficient (Wildman–Crippen LogP) is 6.47. The molecule has 3 N–H and O–H groups in total. The zero-order chi connectivity index (χ0) is 31.4. The highest BCUT2D eigenvalue weighted by molar-refractivity contribution is 7.92. The Balaban J connectivity index is 1.56. The minimum Gasteiger partial charge on any atom is -0.481 e. The molecular weight excluding hydrogens is 583 g/mol. The van der Waals surface area contributed by atoms with Crippen molar-refractivity contribution in [2.24, 2.45) is 5.92 Å². The van der Waals surface area contributed by atoms with Gasteiger partial charge in [-0.05, 0) is 73.2 Å². The maximum Gasteiger partial charge on any atom is 0.389 e. The van der Waals surface area contributed by atoms with Crippen LogP contribution in [0.5, 0.6) is 0 Å². The van der Waals surface area contributed by atoms with Crippen LogP contribution in [0, 0.1) is 12.8 Å². The van der Waals surface area contributed by atoms with Gasteiger partial charge in [-0.1, -0.05) is 36.4 Å². The summed E-state index contributed by atoms with van der Waals surface area (Å²) < 4.78 is 66.0. The Bertz CT molecular complexity index is 1580. The molecule has 0 saturated carbocycles. The van der Waals surface area contributed by atoms with E-state index in [0.29, 0.717) is 53.0 Å². The number of carboxylic acid groups (broad SMARTS) is 1. The lowest BCUT2D eigenvalue weighted by atomic mass is 9.93. The number of hydrogen-bond acceptors (Lipinski definition) is 5. The molecule has 1 aliphatic rings. The summed E-state index contributed by atoms with van der Waals surface area (Å²) in [5.74, 6) is -1.82. The van der Waals surface area contributed by atoms with Gasteiger partial charge < -0.3 is 15.3 Å². The molecule has 0 bridgehead atoms. The van der Waals surface area contributed by atoms with E-state index >= 15 is 0 Å². The van der Waals surface area contributed by atoms with Crippen molar-refractivity contribution in [3.8, 4) is 11.1 Å². The fraction of sp³-hybridized carbons (Fsp3) is 0.355. The SMILES string of the molecule is Cc1cc(-c2ccccc2NS(C)(=O)=O)ccc1C(CCC(F)(F)F)Nc1ccc(C(=O)N2CCC[C@@H](C(=O)O)C2)cc1. The third-order valence-corrected chi connectivity index (χ3v) is 8.02. The molecule has 43 heavy (non-hydrogen) atoms. The Hall–Kier alpha value is -4.06. The van der Waals surface area contributed by atoms with Crippen molar-refractivity contribution in [3.05, 3.63) is 83.4 Å². The van der Waals surface area contributed by atoms with E-state index in [1.165, 1.54) is 4.90 Å². The first-order valence-electron chi connectivity index (χ1n) is 13.8. The van der Waals surface area contributed by atoms with Crippen LogP contribution < -0.4 is 10.0 Å². The summed E-state index contributed by atoms with van der Waals surface area (Å²) in [6, 6.07) is 17.9. The van der Waals surface area contributed by atoms with Crippen LogP contribution in [0.15, 0.2) is 66.7 Å². The van der Waals surface area contributed by atoms with Gasteiger partial charge in [-0.25, -0.2) is 8.42 Å². The van der Waals surface area contributed by atoms with Gasteiger partial charge in [0, 0.05) is 36.3 Å². The van der Waals surface area contributed by atoms with E-state index in [0.717, 1.165) is 11.8 Å². The normalized spacial score (nSPS) is 16.4. The quantitative estimate of drug-likeness (QED) is 0.240. The molecule has 3 aromatic rings. The van der Waals surface area contributed by atoms with Crippen LogP contribution in [0.3, 0.4) is 0 Å². The van der Waals surface area contributed by atoms with Crippen molar-refractivity contribution < 1.29 is 36.3 Å².